The first-order valence-electron chi connectivity index (χ1n) is 4.82. The van der Waals surface area contributed by atoms with Crippen molar-refractivity contribution in [1.29, 1.82) is 0 Å². The number of hydrogen-bond donors (Lipinski definition) is 1. The Morgan fingerprint density at radius 1 is 1.25 bits per heavy atom. The van der Waals surface area contributed by atoms with E-state index in [1.807, 2.05) is 0 Å². The summed E-state index contributed by atoms with van der Waals surface area (Å²) in [6, 6.07) is -0.237. The normalized spacial score (nSPS) is 38.2. The molecule has 3 atom stereocenters. The maximum Gasteiger partial charge on any atom is 0.115 e. The highest BCUT2D eigenvalue weighted by molar-refractivity contribution is 4.90. The van der Waals surface area contributed by atoms with Gasteiger partial charge in [-0.1, -0.05) is 27.2 Å². The first-order valence-corrected chi connectivity index (χ1v) is 4.82. The lowest BCUT2D eigenvalue weighted by molar-refractivity contribution is 0.0871. The second-order valence-electron chi connectivity index (χ2n) is 5.00. The summed E-state index contributed by atoms with van der Waals surface area (Å²) >= 11 is 0. The molecule has 1 saturated carbocycles. The van der Waals surface area contributed by atoms with Gasteiger partial charge in [0.25, 0.3) is 0 Å². The Morgan fingerprint density at radius 3 is 2.25 bits per heavy atom. The molecule has 1 aliphatic carbocycles. The smallest absolute Gasteiger partial charge is 0.115 e. The van der Waals surface area contributed by atoms with Crippen LogP contribution in [0.3, 0.4) is 0 Å². The van der Waals surface area contributed by atoms with E-state index < -0.39 is 6.17 Å². The van der Waals surface area contributed by atoms with Crippen LogP contribution in [0.15, 0.2) is 0 Å². The molecular formula is C10H20FN. The van der Waals surface area contributed by atoms with Crippen LogP contribution in [0, 0.1) is 11.3 Å². The summed E-state index contributed by atoms with van der Waals surface area (Å²) in [7, 11) is 0. The van der Waals surface area contributed by atoms with Gasteiger partial charge in [0.15, 0.2) is 0 Å². The first-order chi connectivity index (χ1) is 5.43. The summed E-state index contributed by atoms with van der Waals surface area (Å²) in [5.74, 6) is 0.348. The van der Waals surface area contributed by atoms with Gasteiger partial charge in [0.1, 0.15) is 6.17 Å². The molecule has 0 heterocycles. The predicted molar refractivity (Wildman–Crippen MR) is 49.7 cm³/mol. The van der Waals surface area contributed by atoms with Gasteiger partial charge in [-0.2, -0.15) is 0 Å². The van der Waals surface area contributed by atoms with Crippen LogP contribution in [0.2, 0.25) is 0 Å². The monoisotopic (exact) mass is 173 g/mol. The molecule has 0 aliphatic heterocycles. The Morgan fingerprint density at radius 2 is 1.83 bits per heavy atom. The Balaban J connectivity index is 2.64. The molecule has 0 aromatic rings. The summed E-state index contributed by atoms with van der Waals surface area (Å²) < 4.78 is 13.2. The molecule has 1 fully saturated rings. The highest BCUT2D eigenvalue weighted by atomic mass is 19.1. The minimum atomic E-state index is -0.775. The molecule has 0 aromatic heterocycles. The van der Waals surface area contributed by atoms with Crippen molar-refractivity contribution in [2.45, 2.75) is 52.2 Å². The van der Waals surface area contributed by atoms with E-state index in [1.54, 1.807) is 0 Å². The fourth-order valence-corrected chi connectivity index (χ4v) is 2.18. The molecule has 72 valence electrons. The molecule has 12 heavy (non-hydrogen) atoms. The fraction of sp³-hybridized carbons (Fsp3) is 1.00. The summed E-state index contributed by atoms with van der Waals surface area (Å²) in [6.45, 7) is 6.45. The molecule has 0 spiro atoms. The van der Waals surface area contributed by atoms with Crippen molar-refractivity contribution < 1.29 is 4.39 Å². The van der Waals surface area contributed by atoms with Crippen LogP contribution in [0.25, 0.3) is 0 Å². The van der Waals surface area contributed by atoms with Crippen molar-refractivity contribution in [3.8, 4) is 0 Å². The molecule has 0 bridgehead atoms. The zero-order chi connectivity index (χ0) is 9.35. The molecular weight excluding hydrogens is 153 g/mol. The average Bonchev–Trinajstić information content (AvgIpc) is 1.92. The highest BCUT2D eigenvalue weighted by Crippen LogP contribution is 2.37. The van der Waals surface area contributed by atoms with Gasteiger partial charge in [0.2, 0.25) is 0 Å². The van der Waals surface area contributed by atoms with E-state index in [2.05, 4.69) is 20.8 Å². The van der Waals surface area contributed by atoms with Crippen molar-refractivity contribution in [3.05, 3.63) is 0 Å². The maximum atomic E-state index is 13.2. The largest absolute Gasteiger partial charge is 0.325 e. The van der Waals surface area contributed by atoms with Crippen molar-refractivity contribution in [1.82, 2.24) is 0 Å². The van der Waals surface area contributed by atoms with Crippen molar-refractivity contribution >= 4 is 0 Å². The second-order valence-corrected chi connectivity index (χ2v) is 5.00. The number of nitrogens with two attached hydrogens (primary N) is 1. The summed E-state index contributed by atoms with van der Waals surface area (Å²) in [5, 5.41) is 0. The molecule has 1 nitrogen and oxygen atoms in total. The van der Waals surface area contributed by atoms with Crippen molar-refractivity contribution in [2.24, 2.45) is 17.1 Å². The highest BCUT2D eigenvalue weighted by Gasteiger charge is 2.37. The topological polar surface area (TPSA) is 26.0 Å². The van der Waals surface area contributed by atoms with Crippen LogP contribution < -0.4 is 5.73 Å². The third kappa shape index (κ3) is 1.98. The molecule has 0 aromatic carbocycles. The lowest BCUT2D eigenvalue weighted by Crippen LogP contribution is -2.47. The van der Waals surface area contributed by atoms with Crippen LogP contribution in [0.1, 0.15) is 40.0 Å². The maximum absolute atomic E-state index is 13.2. The molecule has 1 aliphatic rings. The molecule has 1 rings (SSSR count). The van der Waals surface area contributed by atoms with E-state index in [0.29, 0.717) is 12.3 Å². The Kier molecular flexibility index (Phi) is 2.77. The molecule has 2 heteroatoms. The number of halogens is 1. The number of alkyl halides is 1. The van der Waals surface area contributed by atoms with E-state index in [1.165, 1.54) is 0 Å². The van der Waals surface area contributed by atoms with E-state index in [9.17, 15) is 4.39 Å². The molecule has 0 saturated heterocycles. The third-order valence-corrected chi connectivity index (χ3v) is 2.99. The minimum Gasteiger partial charge on any atom is -0.325 e. The zero-order valence-corrected chi connectivity index (χ0v) is 8.31. The third-order valence-electron chi connectivity index (χ3n) is 2.99. The first kappa shape index (κ1) is 9.97. The lowest BCUT2D eigenvalue weighted by Gasteiger charge is -2.40. The van der Waals surface area contributed by atoms with Gasteiger partial charge in [-0.15, -0.1) is 0 Å². The Bertz CT molecular complexity index is 150. The summed E-state index contributed by atoms with van der Waals surface area (Å²) in [6.07, 6.45) is 1.97. The summed E-state index contributed by atoms with van der Waals surface area (Å²) in [4.78, 5) is 0. The van der Waals surface area contributed by atoms with Gasteiger partial charge < -0.3 is 5.73 Å². The van der Waals surface area contributed by atoms with Gasteiger partial charge in [-0.05, 0) is 24.2 Å². The second kappa shape index (κ2) is 3.33. The van der Waals surface area contributed by atoms with Crippen molar-refractivity contribution in [2.75, 3.05) is 0 Å². The summed E-state index contributed by atoms with van der Waals surface area (Å²) in [5.41, 5.74) is 5.99. The standard InChI is InChI=1S/C10H20FN/c1-10(2,3)7-5-4-6-8(11)9(7)12/h7-9H,4-6,12H2,1-3H3/t7-,8+,9-/m1/s1. The van der Waals surface area contributed by atoms with Gasteiger partial charge in [0, 0.05) is 6.04 Å². The van der Waals surface area contributed by atoms with E-state index in [-0.39, 0.29) is 11.5 Å². The van der Waals surface area contributed by atoms with Gasteiger partial charge in [-0.3, -0.25) is 0 Å². The molecule has 0 unspecified atom stereocenters. The van der Waals surface area contributed by atoms with Gasteiger partial charge >= 0.3 is 0 Å². The van der Waals surface area contributed by atoms with Gasteiger partial charge in [-0.25, -0.2) is 4.39 Å². The van der Waals surface area contributed by atoms with Crippen LogP contribution in [0.5, 0.6) is 0 Å². The Labute approximate surface area is 74.5 Å². The number of hydrogen-bond acceptors (Lipinski definition) is 1. The molecule has 2 N–H and O–H groups in total. The Hall–Kier alpha value is -0.110. The fourth-order valence-electron chi connectivity index (χ4n) is 2.18. The zero-order valence-electron chi connectivity index (χ0n) is 8.31. The van der Waals surface area contributed by atoms with E-state index in [4.69, 9.17) is 5.73 Å². The molecule has 0 radical (unpaired) electrons. The van der Waals surface area contributed by atoms with Crippen LogP contribution in [-0.4, -0.2) is 12.2 Å². The van der Waals surface area contributed by atoms with E-state index in [0.717, 1.165) is 12.8 Å². The van der Waals surface area contributed by atoms with Gasteiger partial charge in [0.05, 0.1) is 0 Å². The van der Waals surface area contributed by atoms with Crippen LogP contribution in [-0.2, 0) is 0 Å². The number of rotatable bonds is 0. The quantitative estimate of drug-likeness (QED) is 0.598. The minimum absolute atomic E-state index is 0.157. The lowest BCUT2D eigenvalue weighted by atomic mass is 9.69. The van der Waals surface area contributed by atoms with Crippen LogP contribution in [0.4, 0.5) is 4.39 Å². The predicted octanol–water partition coefficient (Wildman–Crippen LogP) is 2.50. The molecule has 0 amide bonds. The SMILES string of the molecule is CC(C)(C)[C@@H]1CCC[C@H](F)[C@@H]1N. The average molecular weight is 173 g/mol. The van der Waals surface area contributed by atoms with Crippen molar-refractivity contribution in [3.63, 3.8) is 0 Å². The van der Waals surface area contributed by atoms with E-state index >= 15 is 0 Å². The van der Waals surface area contributed by atoms with Crippen LogP contribution >= 0.6 is 0 Å².